The molecule has 5 aromatic heterocycles. The van der Waals surface area contributed by atoms with Gasteiger partial charge in [0, 0.05) is 130 Å². The molecule has 2 aliphatic heterocycles. The number of nitrogen functional groups attached to an aromatic ring is 1. The topological polar surface area (TPSA) is 260 Å². The monoisotopic (exact) mass is 1570 g/mol. The van der Waals surface area contributed by atoms with Gasteiger partial charge in [0.15, 0.2) is 11.6 Å². The number of carbonyl (C=O) groups excluding carboxylic acids is 1. The van der Waals surface area contributed by atoms with Crippen molar-refractivity contribution < 1.29 is 56.6 Å². The smallest absolute Gasteiger partial charge is 0.332 e. The number of hydrogen-bond acceptors (Lipinski definition) is 22. The van der Waals surface area contributed by atoms with Crippen LogP contribution < -0.4 is 49.6 Å². The number of pyridine rings is 3. The Kier molecular flexibility index (Phi) is 29.9. The molecule has 0 spiro atoms. The molecule has 0 unspecified atom stereocenters. The van der Waals surface area contributed by atoms with Crippen LogP contribution in [0, 0.1) is 0 Å². The number of carboxylic acids is 1. The highest BCUT2D eigenvalue weighted by molar-refractivity contribution is 15.0. The van der Waals surface area contributed by atoms with Crippen LogP contribution >= 0.6 is 37.2 Å². The average Bonchev–Trinajstić information content (AvgIpc) is 0.814. The third kappa shape index (κ3) is 24.3. The van der Waals surface area contributed by atoms with Crippen LogP contribution in [0.2, 0.25) is 0 Å². The number of carboxylic acid groups (broad SMARTS) is 1. The van der Waals surface area contributed by atoms with E-state index in [1.165, 1.54) is 0 Å². The highest BCUT2D eigenvalue weighted by atomic mass is 128. The second-order valence-corrected chi connectivity index (χ2v) is 23.0. The largest absolute Gasteiger partial charge is 0.497 e. The fourth-order valence-corrected chi connectivity index (χ4v) is 9.84. The van der Waals surface area contributed by atoms with E-state index in [1.807, 2.05) is 159 Å². The van der Waals surface area contributed by atoms with Gasteiger partial charge in [0.05, 0.1) is 66.4 Å². The highest BCUT2D eigenvalue weighted by Crippen LogP contribution is 2.37. The number of esters is 1. The van der Waals surface area contributed by atoms with Crippen molar-refractivity contribution in [1.29, 1.82) is 0 Å². The number of carbonyl (C=O) groups is 2. The summed E-state index contributed by atoms with van der Waals surface area (Å²) < 4.78 is 66.6. The van der Waals surface area contributed by atoms with Gasteiger partial charge in [-0.15, -0.1) is 0 Å². The fraction of sp³-hybridized carbons (Fsp3) is 0.310. The van der Waals surface area contributed by atoms with Crippen LogP contribution in [0.25, 0.3) is 0 Å². The minimum absolute atomic E-state index is 0.156. The number of anilines is 11. The van der Waals surface area contributed by atoms with Crippen LogP contribution in [0.1, 0.15) is 46.5 Å². The molecule has 23 nitrogen and oxygen atoms in total. The first-order valence-corrected chi connectivity index (χ1v) is 37.3. The molecule has 4 aromatic carbocycles. The number of halogens is 4. The average molecular weight is 1570 g/mol. The van der Waals surface area contributed by atoms with Gasteiger partial charge in [-0.2, -0.15) is 0 Å². The number of aliphatic carboxylic acids is 1. The molecule has 518 valence electrons. The van der Waals surface area contributed by atoms with E-state index >= 15 is 8.78 Å². The van der Waals surface area contributed by atoms with Gasteiger partial charge in [-0.3, -0.25) is 19.8 Å². The molecule has 0 saturated carbocycles. The lowest BCUT2D eigenvalue weighted by Gasteiger charge is -2.37. The van der Waals surface area contributed by atoms with Crippen molar-refractivity contribution in [3.63, 3.8) is 0 Å². The molecular formula is C71H81F2I2N13O10. The number of nitrogens with one attached hydrogen (secondary N) is 1. The summed E-state index contributed by atoms with van der Waals surface area (Å²) in [6.45, 7) is 5.89. The molecule has 98 heavy (non-hydrogen) atoms. The van der Waals surface area contributed by atoms with E-state index in [-0.39, 0.29) is 45.5 Å². The van der Waals surface area contributed by atoms with Gasteiger partial charge in [-0.05, 0) is 154 Å². The number of rotatable bonds is 22. The van der Waals surface area contributed by atoms with Gasteiger partial charge in [0.2, 0.25) is 0 Å². The van der Waals surface area contributed by atoms with Crippen molar-refractivity contribution >= 4 is 113 Å². The van der Waals surface area contributed by atoms with E-state index in [9.17, 15) is 9.59 Å². The summed E-state index contributed by atoms with van der Waals surface area (Å²) in [4.78, 5) is 61.9. The number of alkyl halides is 2. The summed E-state index contributed by atoms with van der Waals surface area (Å²) in [7, 11) is 6.52. The summed E-state index contributed by atoms with van der Waals surface area (Å²) in [6.07, 6.45) is 12.8. The third-order valence-corrected chi connectivity index (χ3v) is 14.8. The Morgan fingerprint density at radius 1 is 0.541 bits per heavy atom. The number of ether oxygens (including phenoxy) is 7. The van der Waals surface area contributed by atoms with Crippen molar-refractivity contribution in [3.8, 4) is 23.0 Å². The summed E-state index contributed by atoms with van der Waals surface area (Å²) in [5, 5.41) is 11.9. The van der Waals surface area contributed by atoms with Gasteiger partial charge in [0.1, 0.15) is 82.2 Å². The zero-order valence-electron chi connectivity index (χ0n) is 55.6. The van der Waals surface area contributed by atoms with Crippen molar-refractivity contribution in [1.82, 2.24) is 34.9 Å². The number of benzene rings is 4. The molecule has 27 heteroatoms. The van der Waals surface area contributed by atoms with Crippen LogP contribution in [-0.4, -0.2) is 150 Å². The number of piperidine rings is 2. The minimum atomic E-state index is -1.56. The maximum Gasteiger partial charge on any atom is 0.332 e. The fourth-order valence-electron chi connectivity index (χ4n) is 9.84. The van der Waals surface area contributed by atoms with Gasteiger partial charge in [0.25, 0.3) is 0 Å². The summed E-state index contributed by atoms with van der Waals surface area (Å²) in [5.74, 6) is 6.19. The lowest BCUT2D eigenvalue weighted by Crippen LogP contribution is -2.45. The summed E-state index contributed by atoms with van der Waals surface area (Å²) in [6, 6.07) is 47.2. The molecule has 2 aliphatic rings. The lowest BCUT2D eigenvalue weighted by atomic mass is 9.94. The third-order valence-electron chi connectivity index (χ3n) is 14.8. The SMILES string of the molecule is COc1ccc(N(c2ccccn2)c2cncc(N3CCC(F)(COCC(=O)O)CC3)n2)cc1.COc1ccc(N(c2ccccn2)c2cncc(N3CCC(F)(COCC(=O)OC(C)(C)C)CC3)n2)cc1.COc1ccc(N)cc1.COc1ccc(Nc2ccccn2)cc1.II. The van der Waals surface area contributed by atoms with Gasteiger partial charge in [-0.25, -0.2) is 43.3 Å². The van der Waals surface area contributed by atoms with Crippen molar-refractivity contribution in [2.24, 2.45) is 0 Å². The normalized spacial score (nSPS) is 13.5. The molecule has 0 radical (unpaired) electrons. The molecule has 11 rings (SSSR count). The Balaban J connectivity index is 0.000000204. The minimum Gasteiger partial charge on any atom is -0.497 e. The lowest BCUT2D eigenvalue weighted by molar-refractivity contribution is -0.161. The molecule has 9 aromatic rings. The number of methoxy groups -OCH3 is 4. The predicted molar refractivity (Wildman–Crippen MR) is 394 cm³/mol. The zero-order valence-corrected chi connectivity index (χ0v) is 59.9. The molecule has 0 aliphatic carbocycles. The molecule has 0 atom stereocenters. The van der Waals surface area contributed by atoms with Gasteiger partial charge >= 0.3 is 11.9 Å². The van der Waals surface area contributed by atoms with Crippen LogP contribution in [0.4, 0.5) is 72.3 Å². The molecule has 0 bridgehead atoms. The molecular weight excluding hydrogens is 1490 g/mol. The molecule has 2 saturated heterocycles. The second-order valence-electron chi connectivity index (χ2n) is 23.0. The Morgan fingerprint density at radius 3 is 1.30 bits per heavy atom. The number of nitrogens with two attached hydrogens (primary N) is 1. The predicted octanol–water partition coefficient (Wildman–Crippen LogP) is 14.7. The van der Waals surface area contributed by atoms with E-state index in [1.54, 1.807) is 105 Å². The summed E-state index contributed by atoms with van der Waals surface area (Å²) >= 11 is 4.24. The molecule has 4 N–H and O–H groups in total. The Hall–Kier alpha value is -9.33. The number of hydrogen-bond donors (Lipinski definition) is 3. The molecule has 0 amide bonds. The Labute approximate surface area is 593 Å². The number of aromatic nitrogens is 7. The molecule has 7 heterocycles. The number of nitrogens with zero attached hydrogens (tertiary/aromatic N) is 11. The van der Waals surface area contributed by atoms with Crippen LogP contribution in [-0.2, 0) is 23.8 Å². The standard InChI is InChI=1S/C28H34FN5O4.C24H26FN5O4.C12H12N2O.C7H9NO.I2/c1-27(2,3)38-26(35)19-37-20-28(29)12-15-33(16-13-28)24-17-30-18-25(32-24)34(23-7-5-6-14-31-23)21-8-10-22(36-4)11-9-21;1-33-19-7-5-18(6-8-19)30(20-4-2-3-11-27-20)22-15-26-14-21(28-22)29-12-9-24(25,10-13-29)17-34-16-23(31)32;1-15-11-7-5-10(6-8-11)14-12-4-2-3-9-13-12;1-9-7-4-2-6(8)3-5-7;1-2/h5-11,14,17-18H,12-13,15-16,19-20H2,1-4H3;2-8,11,14-15H,9-10,12-13,16-17H2,1H3,(H,31,32);2-9H,1H3,(H,13,14);2-5H,8H2,1H3;. The van der Waals surface area contributed by atoms with Crippen LogP contribution in [0.3, 0.4) is 0 Å². The Bertz CT molecular complexity index is 3800. The van der Waals surface area contributed by atoms with Crippen LogP contribution in [0.5, 0.6) is 23.0 Å². The van der Waals surface area contributed by atoms with E-state index < -0.39 is 35.5 Å². The second kappa shape index (κ2) is 38.6. The maximum atomic E-state index is 15.4. The van der Waals surface area contributed by atoms with E-state index in [2.05, 4.69) is 67.5 Å². The van der Waals surface area contributed by atoms with Crippen molar-refractivity contribution in [2.45, 2.75) is 63.4 Å². The van der Waals surface area contributed by atoms with E-state index in [0.717, 1.165) is 51.6 Å². The first-order chi connectivity index (χ1) is 47.3. The molecule has 2 fully saturated rings. The van der Waals surface area contributed by atoms with Gasteiger partial charge in [-0.1, -0.05) is 18.2 Å². The van der Waals surface area contributed by atoms with Crippen molar-refractivity contribution in [2.75, 3.05) is 112 Å². The first-order valence-electron chi connectivity index (χ1n) is 31.0. The van der Waals surface area contributed by atoms with Crippen molar-refractivity contribution in [3.05, 3.63) is 195 Å². The summed E-state index contributed by atoms with van der Waals surface area (Å²) in [5.41, 5.74) is 5.18. The van der Waals surface area contributed by atoms with Crippen LogP contribution in [0.15, 0.2) is 195 Å². The van der Waals surface area contributed by atoms with Gasteiger partial charge < -0.3 is 59.1 Å². The maximum absolute atomic E-state index is 15.4. The van der Waals surface area contributed by atoms with E-state index in [4.69, 9.17) is 54.0 Å². The van der Waals surface area contributed by atoms with E-state index in [0.29, 0.717) is 61.1 Å². The zero-order chi connectivity index (χ0) is 70.3. The Morgan fingerprint density at radius 2 is 0.929 bits per heavy atom. The quantitative estimate of drug-likeness (QED) is 0.0323. The highest BCUT2D eigenvalue weighted by Gasteiger charge is 2.37. The first kappa shape index (κ1) is 76.0.